The van der Waals surface area contributed by atoms with E-state index in [1.807, 2.05) is 24.3 Å². The zero-order valence-corrected chi connectivity index (χ0v) is 14.1. The predicted molar refractivity (Wildman–Crippen MR) is 93.6 cm³/mol. The van der Waals surface area contributed by atoms with Gasteiger partial charge in [-0.3, -0.25) is 4.79 Å². The molecule has 0 aromatic heterocycles. The van der Waals surface area contributed by atoms with E-state index in [-0.39, 0.29) is 5.78 Å². The monoisotopic (exact) mass is 350 g/mol. The Morgan fingerprint density at radius 1 is 1.09 bits per heavy atom. The molecule has 0 saturated heterocycles. The lowest BCUT2D eigenvalue weighted by Gasteiger charge is -2.05. The minimum absolute atomic E-state index is 0.144. The van der Waals surface area contributed by atoms with Crippen molar-refractivity contribution in [2.45, 2.75) is 0 Å². The Morgan fingerprint density at radius 3 is 2.65 bits per heavy atom. The zero-order valence-electron chi connectivity index (χ0n) is 12.6. The summed E-state index contributed by atoms with van der Waals surface area (Å²) >= 11 is 11.8. The van der Waals surface area contributed by atoms with Crippen LogP contribution in [0.25, 0.3) is 6.08 Å². The highest BCUT2D eigenvalue weighted by atomic mass is 35.5. The molecule has 0 unspecified atom stereocenters. The van der Waals surface area contributed by atoms with Gasteiger partial charge >= 0.3 is 0 Å². The van der Waals surface area contributed by atoms with Crippen LogP contribution < -0.4 is 4.74 Å². The first-order valence-electron chi connectivity index (χ1n) is 6.99. The molecule has 0 aliphatic heterocycles. The molecule has 0 aliphatic carbocycles. The number of ketones is 1. The van der Waals surface area contributed by atoms with Crippen LogP contribution in [0.3, 0.4) is 0 Å². The van der Waals surface area contributed by atoms with Crippen LogP contribution in [0.5, 0.6) is 5.75 Å². The molecule has 23 heavy (non-hydrogen) atoms. The van der Waals surface area contributed by atoms with E-state index in [9.17, 15) is 4.79 Å². The number of halogens is 2. The molecule has 0 bridgehead atoms. The van der Waals surface area contributed by atoms with Crippen LogP contribution >= 0.6 is 23.2 Å². The molecule has 0 N–H and O–H groups in total. The summed E-state index contributed by atoms with van der Waals surface area (Å²) in [4.78, 5) is 12.1. The van der Waals surface area contributed by atoms with Crippen molar-refractivity contribution in [2.75, 3.05) is 20.3 Å². The van der Waals surface area contributed by atoms with Crippen molar-refractivity contribution in [3.8, 4) is 5.75 Å². The van der Waals surface area contributed by atoms with Crippen LogP contribution in [-0.2, 0) is 4.74 Å². The summed E-state index contributed by atoms with van der Waals surface area (Å²) in [6.07, 6.45) is 3.22. The van der Waals surface area contributed by atoms with E-state index in [2.05, 4.69) is 0 Å². The lowest BCUT2D eigenvalue weighted by molar-refractivity contribution is 0.104. The van der Waals surface area contributed by atoms with Gasteiger partial charge in [-0.25, -0.2) is 0 Å². The topological polar surface area (TPSA) is 35.5 Å². The Bertz CT molecular complexity index is 711. The maximum absolute atomic E-state index is 12.1. The lowest BCUT2D eigenvalue weighted by Crippen LogP contribution is -2.04. The van der Waals surface area contributed by atoms with Crippen LogP contribution in [0.4, 0.5) is 0 Å². The van der Waals surface area contributed by atoms with E-state index in [4.69, 9.17) is 32.7 Å². The summed E-state index contributed by atoms with van der Waals surface area (Å²) in [5.41, 5.74) is 1.36. The Kier molecular flexibility index (Phi) is 6.66. The predicted octanol–water partition coefficient (Wildman–Crippen LogP) is 4.91. The van der Waals surface area contributed by atoms with Gasteiger partial charge in [-0.05, 0) is 42.0 Å². The minimum atomic E-state index is -0.144. The lowest BCUT2D eigenvalue weighted by atomic mass is 10.1. The number of hydrogen-bond acceptors (Lipinski definition) is 3. The third-order valence-electron chi connectivity index (χ3n) is 3.05. The molecule has 0 aliphatic rings. The number of carbonyl (C=O) groups excluding carboxylic acids is 1. The smallest absolute Gasteiger partial charge is 0.185 e. The van der Waals surface area contributed by atoms with E-state index in [0.29, 0.717) is 28.8 Å². The zero-order chi connectivity index (χ0) is 16.7. The maximum atomic E-state index is 12.1. The fourth-order valence-corrected chi connectivity index (χ4v) is 2.17. The highest BCUT2D eigenvalue weighted by molar-refractivity contribution is 6.42. The minimum Gasteiger partial charge on any atom is -0.491 e. The van der Waals surface area contributed by atoms with Crippen molar-refractivity contribution in [2.24, 2.45) is 0 Å². The summed E-state index contributed by atoms with van der Waals surface area (Å²) in [6.45, 7) is 1.00. The van der Waals surface area contributed by atoms with E-state index >= 15 is 0 Å². The van der Waals surface area contributed by atoms with Gasteiger partial charge in [0.2, 0.25) is 0 Å². The van der Waals surface area contributed by atoms with E-state index < -0.39 is 0 Å². The molecular weight excluding hydrogens is 335 g/mol. The highest BCUT2D eigenvalue weighted by Gasteiger charge is 2.05. The molecule has 5 heteroatoms. The second-order valence-electron chi connectivity index (χ2n) is 4.74. The molecule has 0 atom stereocenters. The van der Waals surface area contributed by atoms with Gasteiger partial charge in [0, 0.05) is 12.7 Å². The third-order valence-corrected chi connectivity index (χ3v) is 3.78. The Labute approximate surface area is 145 Å². The van der Waals surface area contributed by atoms with Crippen LogP contribution in [0.2, 0.25) is 10.0 Å². The highest BCUT2D eigenvalue weighted by Crippen LogP contribution is 2.23. The van der Waals surface area contributed by atoms with Gasteiger partial charge in [0.15, 0.2) is 5.78 Å². The number of hydrogen-bond donors (Lipinski definition) is 0. The molecule has 0 amide bonds. The number of carbonyl (C=O) groups is 1. The summed E-state index contributed by atoms with van der Waals surface area (Å²) < 4.78 is 10.5. The molecule has 120 valence electrons. The molecule has 0 fully saturated rings. The second kappa shape index (κ2) is 8.73. The second-order valence-corrected chi connectivity index (χ2v) is 5.55. The van der Waals surface area contributed by atoms with Crippen molar-refractivity contribution in [3.05, 3.63) is 69.7 Å². The quantitative estimate of drug-likeness (QED) is 0.404. The van der Waals surface area contributed by atoms with E-state index in [1.54, 1.807) is 31.4 Å². The number of rotatable bonds is 7. The summed E-state index contributed by atoms with van der Waals surface area (Å²) in [5, 5.41) is 0.785. The summed E-state index contributed by atoms with van der Waals surface area (Å²) in [6, 6.07) is 12.3. The number of allylic oxidation sites excluding steroid dienone is 1. The summed E-state index contributed by atoms with van der Waals surface area (Å²) in [5.74, 6) is 0.584. The van der Waals surface area contributed by atoms with Crippen LogP contribution in [0, 0.1) is 0 Å². The van der Waals surface area contributed by atoms with Gasteiger partial charge in [0.1, 0.15) is 12.4 Å². The average molecular weight is 351 g/mol. The van der Waals surface area contributed by atoms with Gasteiger partial charge < -0.3 is 9.47 Å². The average Bonchev–Trinajstić information content (AvgIpc) is 2.56. The number of methoxy groups -OCH3 is 1. The van der Waals surface area contributed by atoms with Crippen molar-refractivity contribution in [1.29, 1.82) is 0 Å². The number of benzene rings is 2. The fourth-order valence-electron chi connectivity index (χ4n) is 1.87. The molecule has 2 aromatic rings. The van der Waals surface area contributed by atoms with Gasteiger partial charge in [-0.1, -0.05) is 41.4 Å². The van der Waals surface area contributed by atoms with Gasteiger partial charge in [0.25, 0.3) is 0 Å². The van der Waals surface area contributed by atoms with Crippen molar-refractivity contribution < 1.29 is 14.3 Å². The third kappa shape index (κ3) is 5.39. The largest absolute Gasteiger partial charge is 0.491 e. The van der Waals surface area contributed by atoms with E-state index in [0.717, 1.165) is 11.3 Å². The van der Waals surface area contributed by atoms with Crippen LogP contribution in [-0.4, -0.2) is 26.1 Å². The molecule has 0 saturated carbocycles. The standard InChI is InChI=1S/C18H16Cl2O3/c1-22-9-10-23-15-4-2-3-13(11-15)5-8-18(21)14-6-7-16(19)17(20)12-14/h2-8,11-12H,9-10H2,1H3. The Morgan fingerprint density at radius 2 is 1.91 bits per heavy atom. The first-order chi connectivity index (χ1) is 11.1. The Hall–Kier alpha value is -1.81. The van der Waals surface area contributed by atoms with Gasteiger partial charge in [-0.2, -0.15) is 0 Å². The molecule has 2 aromatic carbocycles. The summed E-state index contributed by atoms with van der Waals surface area (Å²) in [7, 11) is 1.62. The Balaban J connectivity index is 2.05. The maximum Gasteiger partial charge on any atom is 0.185 e. The van der Waals surface area contributed by atoms with Crippen LogP contribution in [0.15, 0.2) is 48.5 Å². The molecule has 3 nitrogen and oxygen atoms in total. The van der Waals surface area contributed by atoms with E-state index in [1.165, 1.54) is 6.08 Å². The first kappa shape index (κ1) is 17.5. The van der Waals surface area contributed by atoms with Gasteiger partial charge in [0.05, 0.1) is 16.7 Å². The normalized spacial score (nSPS) is 10.9. The van der Waals surface area contributed by atoms with Crippen molar-refractivity contribution >= 4 is 35.1 Å². The molecule has 0 radical (unpaired) electrons. The molecule has 0 heterocycles. The SMILES string of the molecule is COCCOc1cccc(C=CC(=O)c2ccc(Cl)c(Cl)c2)c1. The molecule has 0 spiro atoms. The van der Waals surface area contributed by atoms with Crippen molar-refractivity contribution in [1.82, 2.24) is 0 Å². The molecular formula is C18H16Cl2O3. The van der Waals surface area contributed by atoms with Crippen molar-refractivity contribution in [3.63, 3.8) is 0 Å². The molecule has 2 rings (SSSR count). The fraction of sp³-hybridized carbons (Fsp3) is 0.167. The number of ether oxygens (including phenoxy) is 2. The van der Waals surface area contributed by atoms with Crippen LogP contribution in [0.1, 0.15) is 15.9 Å². The first-order valence-corrected chi connectivity index (χ1v) is 7.75. The van der Waals surface area contributed by atoms with Gasteiger partial charge in [-0.15, -0.1) is 0 Å².